The van der Waals surface area contributed by atoms with Crippen LogP contribution in [-0.2, 0) is 0 Å². The average molecular weight is 367 g/mol. The summed E-state index contributed by atoms with van der Waals surface area (Å²) >= 11 is 3.85. The van der Waals surface area contributed by atoms with Gasteiger partial charge in [0.2, 0.25) is 0 Å². The number of nitrogens with one attached hydrogen (secondary N) is 1. The Labute approximate surface area is 144 Å². The van der Waals surface area contributed by atoms with Gasteiger partial charge in [-0.1, -0.05) is 54.4 Å². The highest BCUT2D eigenvalue weighted by Crippen LogP contribution is 2.30. The zero-order valence-electron chi connectivity index (χ0n) is 15.6. The molecular formula is C19H31BrN2. The zero-order valence-corrected chi connectivity index (χ0v) is 17.1. The number of nitrogens with zero attached hydrogens (tertiary/aromatic N) is 1. The molecule has 0 aliphatic heterocycles. The topological polar surface area (TPSA) is 24.4 Å². The second-order valence-corrected chi connectivity index (χ2v) is 9.21. The van der Waals surface area contributed by atoms with E-state index in [4.69, 9.17) is 4.99 Å². The maximum absolute atomic E-state index is 4.93. The number of aryl methyl sites for hydroxylation is 3. The van der Waals surface area contributed by atoms with E-state index in [1.165, 1.54) is 22.4 Å². The molecule has 0 bridgehead atoms. The number of benzene rings is 1. The van der Waals surface area contributed by atoms with Crippen LogP contribution in [-0.4, -0.2) is 16.2 Å². The molecule has 124 valence electrons. The molecule has 1 N–H and O–H groups in total. The summed E-state index contributed by atoms with van der Waals surface area (Å²) < 4.78 is 0. The molecule has 0 saturated carbocycles. The third kappa shape index (κ3) is 5.42. The Hall–Kier alpha value is -0.830. The van der Waals surface area contributed by atoms with Crippen LogP contribution in [0.1, 0.15) is 58.2 Å². The molecule has 2 nitrogen and oxygen atoms in total. The standard InChI is InChI=1S/C19H31BrN2/c1-12-10-13(2)15(14(3)11-12)21-17(22-19(7,8)9)16(20)18(4,5)6/h10-11,16H,1-9H3,(H,21,22). The van der Waals surface area contributed by atoms with E-state index >= 15 is 0 Å². The van der Waals surface area contributed by atoms with Gasteiger partial charge in [0.05, 0.1) is 10.4 Å². The number of amidine groups is 1. The fraction of sp³-hybridized carbons (Fsp3) is 0.632. The molecule has 1 rings (SSSR count). The van der Waals surface area contributed by atoms with Crippen molar-refractivity contribution in [1.29, 1.82) is 0 Å². The Morgan fingerprint density at radius 1 is 1.00 bits per heavy atom. The molecule has 0 spiro atoms. The number of alkyl halides is 1. The average Bonchev–Trinajstić information content (AvgIpc) is 2.28. The van der Waals surface area contributed by atoms with Crippen LogP contribution in [0, 0.1) is 26.2 Å². The molecule has 0 aliphatic rings. The smallest absolute Gasteiger partial charge is 0.116 e. The first-order chi connectivity index (χ1) is 9.81. The predicted molar refractivity (Wildman–Crippen MR) is 104 cm³/mol. The fourth-order valence-corrected chi connectivity index (χ4v) is 2.64. The van der Waals surface area contributed by atoms with Crippen LogP contribution >= 0.6 is 15.9 Å². The first-order valence-corrected chi connectivity index (χ1v) is 8.81. The van der Waals surface area contributed by atoms with E-state index in [2.05, 4.69) is 95.7 Å². The molecule has 1 aromatic carbocycles. The van der Waals surface area contributed by atoms with Gasteiger partial charge < -0.3 is 5.32 Å². The van der Waals surface area contributed by atoms with Gasteiger partial charge in [-0.2, -0.15) is 0 Å². The van der Waals surface area contributed by atoms with E-state index in [0.29, 0.717) is 0 Å². The van der Waals surface area contributed by atoms with Crippen LogP contribution in [0.25, 0.3) is 0 Å². The molecule has 0 radical (unpaired) electrons. The van der Waals surface area contributed by atoms with Crippen molar-refractivity contribution >= 4 is 27.5 Å². The second-order valence-electron chi connectivity index (χ2n) is 8.30. The first-order valence-electron chi connectivity index (χ1n) is 7.90. The SMILES string of the molecule is Cc1cc(C)c(NC(=NC(C)(C)C)C(Br)C(C)(C)C)c(C)c1. The monoisotopic (exact) mass is 366 g/mol. The molecule has 1 atom stereocenters. The minimum absolute atomic E-state index is 0.0869. The van der Waals surface area contributed by atoms with Crippen molar-refractivity contribution < 1.29 is 0 Å². The molecule has 3 heteroatoms. The van der Waals surface area contributed by atoms with Crippen LogP contribution in [0.4, 0.5) is 5.69 Å². The van der Waals surface area contributed by atoms with Gasteiger partial charge in [-0.3, -0.25) is 4.99 Å². The van der Waals surface area contributed by atoms with Gasteiger partial charge >= 0.3 is 0 Å². The Morgan fingerprint density at radius 3 is 1.82 bits per heavy atom. The third-order valence-corrected chi connectivity index (χ3v) is 5.19. The number of halogens is 1. The van der Waals surface area contributed by atoms with Gasteiger partial charge in [-0.05, 0) is 58.1 Å². The highest BCUT2D eigenvalue weighted by molar-refractivity contribution is 9.10. The summed E-state index contributed by atoms with van der Waals surface area (Å²) in [5.41, 5.74) is 4.94. The molecule has 0 aromatic heterocycles. The molecule has 1 unspecified atom stereocenters. The lowest BCUT2D eigenvalue weighted by Gasteiger charge is -2.30. The highest BCUT2D eigenvalue weighted by Gasteiger charge is 2.29. The van der Waals surface area contributed by atoms with Crippen LogP contribution in [0.3, 0.4) is 0 Å². The van der Waals surface area contributed by atoms with Crippen molar-refractivity contribution in [2.45, 2.75) is 72.7 Å². The lowest BCUT2D eigenvalue weighted by Crippen LogP contribution is -2.36. The number of anilines is 1. The van der Waals surface area contributed by atoms with Crippen molar-refractivity contribution in [3.63, 3.8) is 0 Å². The van der Waals surface area contributed by atoms with E-state index in [1.807, 2.05) is 0 Å². The van der Waals surface area contributed by atoms with E-state index in [0.717, 1.165) is 5.84 Å². The van der Waals surface area contributed by atoms with Crippen LogP contribution in [0.2, 0.25) is 0 Å². The molecule has 0 saturated heterocycles. The van der Waals surface area contributed by atoms with Crippen molar-refractivity contribution in [1.82, 2.24) is 0 Å². The van der Waals surface area contributed by atoms with Crippen LogP contribution in [0.15, 0.2) is 17.1 Å². The fourth-order valence-electron chi connectivity index (χ4n) is 2.42. The predicted octanol–water partition coefficient (Wildman–Crippen LogP) is 6.03. The molecule has 0 amide bonds. The summed E-state index contributed by atoms with van der Waals surface area (Å²) in [6.45, 7) is 19.5. The minimum Gasteiger partial charge on any atom is -0.343 e. The number of aliphatic imine (C=N–C) groups is 1. The van der Waals surface area contributed by atoms with Gasteiger partial charge in [-0.25, -0.2) is 0 Å². The van der Waals surface area contributed by atoms with E-state index in [-0.39, 0.29) is 15.8 Å². The molecular weight excluding hydrogens is 336 g/mol. The third-order valence-electron chi connectivity index (χ3n) is 3.39. The summed E-state index contributed by atoms with van der Waals surface area (Å²) in [6.07, 6.45) is 0. The Balaban J connectivity index is 3.29. The van der Waals surface area contributed by atoms with E-state index < -0.39 is 0 Å². The summed E-state index contributed by atoms with van der Waals surface area (Å²) in [7, 11) is 0. The van der Waals surface area contributed by atoms with E-state index in [1.54, 1.807) is 0 Å². The maximum atomic E-state index is 4.93. The largest absolute Gasteiger partial charge is 0.343 e. The van der Waals surface area contributed by atoms with Crippen molar-refractivity contribution in [2.75, 3.05) is 5.32 Å². The number of hydrogen-bond donors (Lipinski definition) is 1. The lowest BCUT2D eigenvalue weighted by atomic mass is 9.91. The van der Waals surface area contributed by atoms with Gasteiger partial charge in [0.25, 0.3) is 0 Å². The summed E-state index contributed by atoms with van der Waals surface area (Å²) in [5.74, 6) is 0.995. The van der Waals surface area contributed by atoms with Gasteiger partial charge in [0.1, 0.15) is 5.84 Å². The van der Waals surface area contributed by atoms with Crippen molar-refractivity contribution in [3.8, 4) is 0 Å². The summed E-state index contributed by atoms with van der Waals surface area (Å²) in [4.78, 5) is 5.10. The lowest BCUT2D eigenvalue weighted by molar-refractivity contribution is 0.446. The number of hydrogen-bond acceptors (Lipinski definition) is 1. The Kier molecular flexibility index (Phi) is 5.88. The second kappa shape index (κ2) is 6.74. The van der Waals surface area contributed by atoms with Gasteiger partial charge in [0.15, 0.2) is 0 Å². The highest BCUT2D eigenvalue weighted by atomic mass is 79.9. The van der Waals surface area contributed by atoms with Crippen LogP contribution < -0.4 is 5.32 Å². The molecule has 22 heavy (non-hydrogen) atoms. The summed E-state index contributed by atoms with van der Waals surface area (Å²) in [5, 5.41) is 3.61. The normalized spacial score (nSPS) is 14.9. The number of rotatable bonds is 2. The molecule has 0 fully saturated rings. The Morgan fingerprint density at radius 2 is 1.45 bits per heavy atom. The minimum atomic E-state index is -0.119. The van der Waals surface area contributed by atoms with Crippen molar-refractivity contribution in [2.24, 2.45) is 10.4 Å². The van der Waals surface area contributed by atoms with Crippen molar-refractivity contribution in [3.05, 3.63) is 28.8 Å². The summed E-state index contributed by atoms with van der Waals surface area (Å²) in [6, 6.07) is 4.43. The maximum Gasteiger partial charge on any atom is 0.116 e. The van der Waals surface area contributed by atoms with Crippen LogP contribution in [0.5, 0.6) is 0 Å². The zero-order chi connectivity index (χ0) is 17.3. The molecule has 0 aliphatic carbocycles. The van der Waals surface area contributed by atoms with E-state index in [9.17, 15) is 0 Å². The molecule has 1 aromatic rings. The quantitative estimate of drug-likeness (QED) is 0.385. The first kappa shape index (κ1) is 19.2. The van der Waals surface area contributed by atoms with Gasteiger partial charge in [-0.15, -0.1) is 0 Å². The Bertz CT molecular complexity index is 537. The van der Waals surface area contributed by atoms with Gasteiger partial charge in [0, 0.05) is 5.69 Å². The molecule has 0 heterocycles.